The van der Waals surface area contributed by atoms with Crippen molar-refractivity contribution in [2.45, 2.75) is 56.6 Å². The zero-order chi connectivity index (χ0) is 24.3. The van der Waals surface area contributed by atoms with E-state index in [1.807, 2.05) is 13.8 Å². The van der Waals surface area contributed by atoms with Crippen LogP contribution in [0.5, 0.6) is 0 Å². The maximum atomic E-state index is 13.0. The van der Waals surface area contributed by atoms with Gasteiger partial charge in [-0.15, -0.1) is 0 Å². The van der Waals surface area contributed by atoms with E-state index in [1.165, 1.54) is 11.0 Å². The van der Waals surface area contributed by atoms with Crippen LogP contribution in [0.25, 0.3) is 10.8 Å². The van der Waals surface area contributed by atoms with E-state index in [0.717, 1.165) is 10.8 Å². The van der Waals surface area contributed by atoms with Gasteiger partial charge in [-0.25, -0.2) is 8.42 Å². The molecule has 0 unspecified atom stereocenters. The minimum absolute atomic E-state index is 0.0286. The van der Waals surface area contributed by atoms with Crippen molar-refractivity contribution in [1.29, 1.82) is 0 Å². The first-order valence-electron chi connectivity index (χ1n) is 11.0. The number of hydrogen-bond acceptors (Lipinski definition) is 5. The molecule has 10 heteroatoms. The maximum absolute atomic E-state index is 13.0. The van der Waals surface area contributed by atoms with E-state index >= 15 is 0 Å². The van der Waals surface area contributed by atoms with Crippen molar-refractivity contribution in [1.82, 2.24) is 14.5 Å². The van der Waals surface area contributed by atoms with Crippen LogP contribution in [0.1, 0.15) is 33.6 Å². The third-order valence-electron chi connectivity index (χ3n) is 5.91. The molecule has 1 saturated heterocycles. The molecule has 2 amide bonds. The number of benzene rings is 2. The maximum Gasteiger partial charge on any atom is 0.245 e. The summed E-state index contributed by atoms with van der Waals surface area (Å²) < 4.78 is 28.4. The SMILES string of the molecule is CC(C)N(CCCO)C(=O)[C@H](C)N1CC[C@H](NS(=O)(=O)c2ccc3cc(Cl)ccc3c2)C1=O. The molecule has 1 aliphatic rings. The lowest BCUT2D eigenvalue weighted by Gasteiger charge is -2.33. The molecular weight excluding hydrogens is 466 g/mol. The number of carbonyl (C=O) groups excluding carboxylic acids is 2. The molecule has 1 aliphatic heterocycles. The highest BCUT2D eigenvalue weighted by molar-refractivity contribution is 7.89. The van der Waals surface area contributed by atoms with Crippen molar-refractivity contribution in [3.8, 4) is 0 Å². The topological polar surface area (TPSA) is 107 Å². The standard InChI is InChI=1S/C23H30ClN3O5S/c1-15(2)26(10-4-12-28)22(29)16(3)27-11-9-21(23(27)30)25-33(31,32)20-8-6-17-13-19(24)7-5-18(17)14-20/h5-8,13-16,21,25,28H,4,9-12H2,1-3H3/t16-,21-/m0/s1. The van der Waals surface area contributed by atoms with Crippen LogP contribution in [0, 0.1) is 0 Å². The first-order chi connectivity index (χ1) is 15.5. The first-order valence-corrected chi connectivity index (χ1v) is 12.8. The van der Waals surface area contributed by atoms with Crippen LogP contribution in [-0.2, 0) is 19.6 Å². The van der Waals surface area contributed by atoms with E-state index in [9.17, 15) is 18.0 Å². The van der Waals surface area contributed by atoms with Gasteiger partial charge in [0, 0.05) is 30.8 Å². The van der Waals surface area contributed by atoms with Crippen molar-refractivity contribution in [2.75, 3.05) is 19.7 Å². The largest absolute Gasteiger partial charge is 0.396 e. The lowest BCUT2D eigenvalue weighted by atomic mass is 10.1. The molecule has 0 spiro atoms. The summed E-state index contributed by atoms with van der Waals surface area (Å²) in [6.07, 6.45) is 0.724. The van der Waals surface area contributed by atoms with Crippen LogP contribution >= 0.6 is 11.6 Å². The van der Waals surface area contributed by atoms with Gasteiger partial charge in [-0.05, 0) is 68.7 Å². The van der Waals surface area contributed by atoms with E-state index in [-0.39, 0.29) is 36.4 Å². The van der Waals surface area contributed by atoms with Gasteiger partial charge in [0.05, 0.1) is 4.90 Å². The van der Waals surface area contributed by atoms with Crippen molar-refractivity contribution in [3.63, 3.8) is 0 Å². The summed E-state index contributed by atoms with van der Waals surface area (Å²) in [5.41, 5.74) is 0. The summed E-state index contributed by atoms with van der Waals surface area (Å²) in [5.74, 6) is -0.638. The zero-order valence-corrected chi connectivity index (χ0v) is 20.6. The summed E-state index contributed by atoms with van der Waals surface area (Å²) in [5, 5.41) is 11.2. The van der Waals surface area contributed by atoms with E-state index in [4.69, 9.17) is 16.7 Å². The molecule has 8 nitrogen and oxygen atoms in total. The third kappa shape index (κ3) is 5.66. The molecule has 0 bridgehead atoms. The molecule has 1 fully saturated rings. The molecule has 0 aromatic heterocycles. The highest BCUT2D eigenvalue weighted by atomic mass is 35.5. The second kappa shape index (κ2) is 10.4. The molecule has 0 radical (unpaired) electrons. The summed E-state index contributed by atoms with van der Waals surface area (Å²) in [6.45, 7) is 6.05. The minimum atomic E-state index is -3.94. The van der Waals surface area contributed by atoms with E-state index < -0.39 is 28.0 Å². The Bertz CT molecular complexity index is 1140. The van der Waals surface area contributed by atoms with Gasteiger partial charge >= 0.3 is 0 Å². The number of nitrogens with one attached hydrogen (secondary N) is 1. The first kappa shape index (κ1) is 25.4. The lowest BCUT2D eigenvalue weighted by Crippen LogP contribution is -2.52. The van der Waals surface area contributed by atoms with Crippen molar-refractivity contribution in [2.24, 2.45) is 0 Å². The van der Waals surface area contributed by atoms with Crippen LogP contribution in [-0.4, -0.2) is 73.0 Å². The Morgan fingerprint density at radius 1 is 1.21 bits per heavy atom. The number of likely N-dealkylation sites (tertiary alicyclic amines) is 1. The molecule has 2 N–H and O–H groups in total. The fraction of sp³-hybridized carbons (Fsp3) is 0.478. The number of amides is 2. The van der Waals surface area contributed by atoms with Gasteiger partial charge in [-0.3, -0.25) is 9.59 Å². The Hall–Kier alpha value is -2.20. The summed E-state index contributed by atoms with van der Waals surface area (Å²) in [4.78, 5) is 29.1. The summed E-state index contributed by atoms with van der Waals surface area (Å²) >= 11 is 5.99. The van der Waals surface area contributed by atoms with Gasteiger partial charge in [0.15, 0.2) is 0 Å². The smallest absolute Gasteiger partial charge is 0.245 e. The van der Waals surface area contributed by atoms with E-state index in [0.29, 0.717) is 18.0 Å². The fourth-order valence-electron chi connectivity index (χ4n) is 4.05. The van der Waals surface area contributed by atoms with Gasteiger partial charge in [0.1, 0.15) is 12.1 Å². The second-order valence-electron chi connectivity index (χ2n) is 8.53. The Labute approximate surface area is 199 Å². The molecule has 0 aliphatic carbocycles. The van der Waals surface area contributed by atoms with Gasteiger partial charge in [-0.1, -0.05) is 23.7 Å². The zero-order valence-electron chi connectivity index (χ0n) is 19.0. The highest BCUT2D eigenvalue weighted by Crippen LogP contribution is 2.24. The van der Waals surface area contributed by atoms with Crippen molar-refractivity contribution >= 4 is 44.2 Å². The van der Waals surface area contributed by atoms with Crippen LogP contribution in [0.3, 0.4) is 0 Å². The number of aliphatic hydroxyl groups is 1. The van der Waals surface area contributed by atoms with Gasteiger partial charge in [0.25, 0.3) is 0 Å². The summed E-state index contributed by atoms with van der Waals surface area (Å²) in [6, 6.07) is 8.13. The predicted molar refractivity (Wildman–Crippen MR) is 127 cm³/mol. The van der Waals surface area contributed by atoms with Crippen LogP contribution in [0.2, 0.25) is 5.02 Å². The fourth-order valence-corrected chi connectivity index (χ4v) is 5.49. The highest BCUT2D eigenvalue weighted by Gasteiger charge is 2.40. The van der Waals surface area contributed by atoms with Gasteiger partial charge in [0.2, 0.25) is 21.8 Å². The Kier molecular flexibility index (Phi) is 8.00. The second-order valence-corrected chi connectivity index (χ2v) is 10.7. The van der Waals surface area contributed by atoms with Crippen LogP contribution < -0.4 is 4.72 Å². The van der Waals surface area contributed by atoms with Crippen LogP contribution in [0.15, 0.2) is 41.3 Å². The molecule has 1 heterocycles. The van der Waals surface area contributed by atoms with E-state index in [2.05, 4.69) is 4.72 Å². The number of fused-ring (bicyclic) bond motifs is 1. The average Bonchev–Trinajstić information content (AvgIpc) is 3.12. The quantitative estimate of drug-likeness (QED) is 0.555. The monoisotopic (exact) mass is 495 g/mol. The normalized spacial score (nSPS) is 17.7. The van der Waals surface area contributed by atoms with Crippen molar-refractivity contribution < 1.29 is 23.1 Å². The molecule has 180 valence electrons. The number of carbonyl (C=O) groups is 2. The molecular formula is C23H30ClN3O5S. The van der Waals surface area contributed by atoms with Crippen molar-refractivity contribution in [3.05, 3.63) is 41.4 Å². The third-order valence-corrected chi connectivity index (χ3v) is 7.61. The number of aliphatic hydroxyl groups excluding tert-OH is 1. The average molecular weight is 496 g/mol. The predicted octanol–water partition coefficient (Wildman–Crippen LogP) is 2.38. The van der Waals surface area contributed by atoms with Crippen LogP contribution in [0.4, 0.5) is 0 Å². The van der Waals surface area contributed by atoms with E-state index in [1.54, 1.807) is 42.2 Å². The van der Waals surface area contributed by atoms with Gasteiger partial charge < -0.3 is 14.9 Å². The Morgan fingerprint density at radius 3 is 2.55 bits per heavy atom. The number of hydrogen-bond donors (Lipinski definition) is 2. The Morgan fingerprint density at radius 2 is 1.88 bits per heavy atom. The minimum Gasteiger partial charge on any atom is -0.396 e. The molecule has 2 aromatic rings. The molecule has 3 rings (SSSR count). The lowest BCUT2D eigenvalue weighted by molar-refractivity contribution is -0.144. The molecule has 2 aromatic carbocycles. The number of nitrogens with zero attached hydrogens (tertiary/aromatic N) is 2. The van der Waals surface area contributed by atoms with Gasteiger partial charge in [-0.2, -0.15) is 4.72 Å². The molecule has 2 atom stereocenters. The number of halogens is 1. The Balaban J connectivity index is 1.72. The molecule has 33 heavy (non-hydrogen) atoms. The summed E-state index contributed by atoms with van der Waals surface area (Å²) in [7, 11) is -3.94. The molecule has 0 saturated carbocycles. The number of rotatable bonds is 9. The number of sulfonamides is 1.